The van der Waals surface area contributed by atoms with E-state index in [1.165, 1.54) is 18.2 Å². The second-order valence-electron chi connectivity index (χ2n) is 3.50. The molecule has 0 heterocycles. The first-order valence-electron chi connectivity index (χ1n) is 4.39. The molecule has 0 aliphatic heterocycles. The van der Waals surface area contributed by atoms with Crippen molar-refractivity contribution in [1.29, 1.82) is 0 Å². The highest BCUT2D eigenvalue weighted by molar-refractivity contribution is 5.85. The van der Waals surface area contributed by atoms with Crippen LogP contribution in [0, 0.1) is 17.6 Å². The number of hydrogen-bond donors (Lipinski definition) is 1. The van der Waals surface area contributed by atoms with E-state index >= 15 is 0 Å². The Morgan fingerprint density at radius 1 is 1.21 bits per heavy atom. The smallest absolute Gasteiger partial charge is 0.130 e. The zero-order valence-corrected chi connectivity index (χ0v) is 8.36. The maximum atomic E-state index is 13.2. The molecule has 4 heteroatoms. The quantitative estimate of drug-likeness (QED) is 0.813. The van der Waals surface area contributed by atoms with Crippen molar-refractivity contribution in [2.24, 2.45) is 11.7 Å². The van der Waals surface area contributed by atoms with Gasteiger partial charge in [0.15, 0.2) is 0 Å². The molecule has 1 nitrogen and oxygen atoms in total. The fourth-order valence-corrected chi connectivity index (χ4v) is 1.52. The first-order valence-corrected chi connectivity index (χ1v) is 4.39. The summed E-state index contributed by atoms with van der Waals surface area (Å²) in [6.07, 6.45) is 1.96. The molecule has 0 aromatic heterocycles. The molecule has 0 saturated heterocycles. The first-order chi connectivity index (χ1) is 6.20. The van der Waals surface area contributed by atoms with Gasteiger partial charge in [-0.15, -0.1) is 12.4 Å². The van der Waals surface area contributed by atoms with E-state index in [2.05, 4.69) is 0 Å². The Morgan fingerprint density at radius 2 is 1.71 bits per heavy atom. The van der Waals surface area contributed by atoms with Crippen molar-refractivity contribution in [2.45, 2.75) is 18.9 Å². The van der Waals surface area contributed by atoms with Gasteiger partial charge in [-0.2, -0.15) is 0 Å². The molecule has 1 aliphatic rings. The average Bonchev–Trinajstić information content (AvgIpc) is 2.85. The van der Waals surface area contributed by atoms with Crippen LogP contribution in [0.3, 0.4) is 0 Å². The van der Waals surface area contributed by atoms with Crippen LogP contribution in [0.5, 0.6) is 0 Å². The lowest BCUT2D eigenvalue weighted by atomic mass is 10.0. The molecule has 1 atom stereocenters. The number of benzene rings is 1. The van der Waals surface area contributed by atoms with Crippen LogP contribution in [0.25, 0.3) is 0 Å². The van der Waals surface area contributed by atoms with Crippen LogP contribution >= 0.6 is 12.4 Å². The van der Waals surface area contributed by atoms with Crippen molar-refractivity contribution < 1.29 is 8.78 Å². The molecule has 0 radical (unpaired) electrons. The number of halogens is 3. The third-order valence-corrected chi connectivity index (χ3v) is 2.46. The SMILES string of the molecule is Cl.N[C@H](c1c(F)cccc1F)C1CC1. The van der Waals surface area contributed by atoms with E-state index in [1.54, 1.807) is 0 Å². The summed E-state index contributed by atoms with van der Waals surface area (Å²) in [5.74, 6) is -0.787. The van der Waals surface area contributed by atoms with Gasteiger partial charge < -0.3 is 5.73 Å². The molecule has 1 saturated carbocycles. The van der Waals surface area contributed by atoms with Crippen molar-refractivity contribution in [2.75, 3.05) is 0 Å². The molecular formula is C10H12ClF2N. The minimum atomic E-state index is -0.528. The molecule has 14 heavy (non-hydrogen) atoms. The van der Waals surface area contributed by atoms with Crippen LogP contribution in [-0.4, -0.2) is 0 Å². The Hall–Kier alpha value is -0.670. The lowest BCUT2D eigenvalue weighted by molar-refractivity contribution is 0.503. The summed E-state index contributed by atoms with van der Waals surface area (Å²) in [6.45, 7) is 0. The van der Waals surface area contributed by atoms with E-state index in [9.17, 15) is 8.78 Å². The summed E-state index contributed by atoms with van der Waals surface area (Å²) in [5, 5.41) is 0. The van der Waals surface area contributed by atoms with Gasteiger partial charge in [-0.25, -0.2) is 8.78 Å². The summed E-state index contributed by atoms with van der Waals surface area (Å²) >= 11 is 0. The van der Waals surface area contributed by atoms with Crippen LogP contribution in [0.15, 0.2) is 18.2 Å². The first kappa shape index (κ1) is 11.4. The molecule has 1 aromatic carbocycles. The maximum Gasteiger partial charge on any atom is 0.130 e. The molecule has 0 amide bonds. The van der Waals surface area contributed by atoms with Gasteiger partial charge in [-0.3, -0.25) is 0 Å². The normalized spacial score (nSPS) is 17.4. The van der Waals surface area contributed by atoms with Crippen LogP contribution in [0.4, 0.5) is 8.78 Å². The highest BCUT2D eigenvalue weighted by atomic mass is 35.5. The lowest BCUT2D eigenvalue weighted by Gasteiger charge is -2.12. The van der Waals surface area contributed by atoms with Crippen LogP contribution < -0.4 is 5.73 Å². The molecule has 1 fully saturated rings. The largest absolute Gasteiger partial charge is 0.324 e. The number of nitrogens with two attached hydrogens (primary N) is 1. The predicted molar refractivity (Wildman–Crippen MR) is 53.3 cm³/mol. The molecule has 0 unspecified atom stereocenters. The van der Waals surface area contributed by atoms with Gasteiger partial charge in [0, 0.05) is 11.6 Å². The number of rotatable bonds is 2. The van der Waals surface area contributed by atoms with Crippen molar-refractivity contribution in [1.82, 2.24) is 0 Å². The zero-order chi connectivity index (χ0) is 9.42. The highest BCUT2D eigenvalue weighted by Crippen LogP contribution is 2.40. The van der Waals surface area contributed by atoms with Crippen LogP contribution in [0.2, 0.25) is 0 Å². The Labute approximate surface area is 87.7 Å². The Bertz CT molecular complexity index is 306. The number of hydrogen-bond acceptors (Lipinski definition) is 1. The summed E-state index contributed by atoms with van der Waals surface area (Å²) in [4.78, 5) is 0. The summed E-state index contributed by atoms with van der Waals surface area (Å²) < 4.78 is 26.3. The standard InChI is InChI=1S/C10H11F2N.ClH/c11-7-2-1-3-8(12)9(7)10(13)6-4-5-6;/h1-3,6,10H,4-5,13H2;1H/t10-;/m0./s1. The zero-order valence-electron chi connectivity index (χ0n) is 7.54. The molecule has 78 valence electrons. The van der Waals surface area contributed by atoms with Gasteiger partial charge in [0.1, 0.15) is 11.6 Å². The van der Waals surface area contributed by atoms with E-state index in [-0.39, 0.29) is 23.9 Å². The third kappa shape index (κ3) is 2.04. The molecule has 2 N–H and O–H groups in total. The van der Waals surface area contributed by atoms with Crippen molar-refractivity contribution >= 4 is 12.4 Å². The Balaban J connectivity index is 0.000000980. The van der Waals surface area contributed by atoms with E-state index in [4.69, 9.17) is 5.73 Å². The Kier molecular flexibility index (Phi) is 3.45. The van der Waals surface area contributed by atoms with Crippen LogP contribution in [-0.2, 0) is 0 Å². The summed E-state index contributed by atoms with van der Waals surface area (Å²) in [7, 11) is 0. The van der Waals surface area contributed by atoms with Gasteiger partial charge in [0.2, 0.25) is 0 Å². The van der Waals surface area contributed by atoms with E-state index in [1.807, 2.05) is 0 Å². The van der Waals surface area contributed by atoms with E-state index in [0.29, 0.717) is 0 Å². The van der Waals surface area contributed by atoms with E-state index in [0.717, 1.165) is 12.8 Å². The Morgan fingerprint density at radius 3 is 2.14 bits per heavy atom. The minimum absolute atomic E-state index is 0. The fraction of sp³-hybridized carbons (Fsp3) is 0.400. The van der Waals surface area contributed by atoms with Gasteiger partial charge >= 0.3 is 0 Å². The van der Waals surface area contributed by atoms with Gasteiger partial charge in [0.25, 0.3) is 0 Å². The van der Waals surface area contributed by atoms with Crippen molar-refractivity contribution in [3.05, 3.63) is 35.4 Å². The maximum absolute atomic E-state index is 13.2. The molecule has 1 aromatic rings. The third-order valence-electron chi connectivity index (χ3n) is 2.46. The molecule has 0 bridgehead atoms. The highest BCUT2D eigenvalue weighted by Gasteiger charge is 2.32. The van der Waals surface area contributed by atoms with Gasteiger partial charge in [-0.1, -0.05) is 6.07 Å². The molecule has 2 rings (SSSR count). The molecule has 0 spiro atoms. The monoisotopic (exact) mass is 219 g/mol. The topological polar surface area (TPSA) is 26.0 Å². The second kappa shape index (κ2) is 4.24. The average molecular weight is 220 g/mol. The molecular weight excluding hydrogens is 208 g/mol. The molecule has 1 aliphatic carbocycles. The fourth-order valence-electron chi connectivity index (χ4n) is 1.52. The minimum Gasteiger partial charge on any atom is -0.324 e. The summed E-state index contributed by atoms with van der Waals surface area (Å²) in [5.41, 5.74) is 5.77. The van der Waals surface area contributed by atoms with Crippen molar-refractivity contribution in [3.8, 4) is 0 Å². The van der Waals surface area contributed by atoms with E-state index < -0.39 is 17.7 Å². The van der Waals surface area contributed by atoms with Gasteiger partial charge in [0.05, 0.1) is 0 Å². The summed E-state index contributed by atoms with van der Waals surface area (Å²) in [6, 6.07) is 3.39. The second-order valence-corrected chi connectivity index (χ2v) is 3.50. The predicted octanol–water partition coefficient (Wildman–Crippen LogP) is 2.80. The lowest BCUT2D eigenvalue weighted by Crippen LogP contribution is -2.16. The van der Waals surface area contributed by atoms with Crippen LogP contribution in [0.1, 0.15) is 24.4 Å². The van der Waals surface area contributed by atoms with Gasteiger partial charge in [-0.05, 0) is 30.9 Å². The van der Waals surface area contributed by atoms with Crippen molar-refractivity contribution in [3.63, 3.8) is 0 Å².